The van der Waals surface area contributed by atoms with Crippen LogP contribution in [0.5, 0.6) is 0 Å². The minimum atomic E-state index is -0.443. The summed E-state index contributed by atoms with van der Waals surface area (Å²) in [5.74, 6) is 0.746. The van der Waals surface area contributed by atoms with Gasteiger partial charge in [0.25, 0.3) is 11.6 Å². The number of nitro groups is 1. The number of carbonyl (C=O) groups is 1. The molecule has 1 saturated heterocycles. The molecule has 0 radical (unpaired) electrons. The standard InChI is InChI=1S/C21H21N5O3/c1-16-14-19(26(28)29)15-22-20(16)24-10-12-25(13-11-24)21(27)17-4-6-18(7-5-17)23-8-2-3-9-23/h2-9,14-15H,10-13H2,1H3. The van der Waals surface area contributed by atoms with Crippen molar-refractivity contribution in [1.29, 1.82) is 0 Å². The molecule has 1 amide bonds. The quantitative estimate of drug-likeness (QED) is 0.504. The van der Waals surface area contributed by atoms with Crippen molar-refractivity contribution in [3.63, 3.8) is 0 Å². The van der Waals surface area contributed by atoms with Crippen LogP contribution in [0.15, 0.2) is 61.1 Å². The Morgan fingerprint density at radius 2 is 1.72 bits per heavy atom. The zero-order valence-electron chi connectivity index (χ0n) is 16.1. The summed E-state index contributed by atoms with van der Waals surface area (Å²) in [5, 5.41) is 10.9. The van der Waals surface area contributed by atoms with E-state index in [2.05, 4.69) is 9.88 Å². The Kier molecular flexibility index (Phi) is 4.99. The molecule has 0 saturated carbocycles. The highest BCUT2D eigenvalue weighted by Gasteiger charge is 2.24. The number of nitrogens with zero attached hydrogens (tertiary/aromatic N) is 5. The SMILES string of the molecule is Cc1cc([N+](=O)[O-])cnc1N1CCN(C(=O)c2ccc(-n3cccc3)cc2)CC1. The maximum Gasteiger partial charge on any atom is 0.287 e. The Morgan fingerprint density at radius 3 is 2.31 bits per heavy atom. The number of piperazine rings is 1. The van der Waals surface area contributed by atoms with Gasteiger partial charge < -0.3 is 14.4 Å². The van der Waals surface area contributed by atoms with Crippen LogP contribution in [-0.4, -0.2) is 51.5 Å². The zero-order chi connectivity index (χ0) is 20.4. The highest BCUT2D eigenvalue weighted by molar-refractivity contribution is 5.94. The van der Waals surface area contributed by atoms with Crippen LogP contribution in [0.25, 0.3) is 5.69 Å². The van der Waals surface area contributed by atoms with Crippen LogP contribution in [0.1, 0.15) is 15.9 Å². The molecule has 3 heterocycles. The summed E-state index contributed by atoms with van der Waals surface area (Å²) >= 11 is 0. The molecule has 1 fully saturated rings. The Bertz CT molecular complexity index is 1020. The molecule has 1 aromatic carbocycles. The molecule has 4 rings (SSSR count). The minimum Gasteiger partial charge on any atom is -0.353 e. The van der Waals surface area contributed by atoms with Crippen LogP contribution >= 0.6 is 0 Å². The molecule has 8 nitrogen and oxygen atoms in total. The van der Waals surface area contributed by atoms with Crippen molar-refractivity contribution >= 4 is 17.4 Å². The molecule has 0 N–H and O–H groups in total. The molecule has 1 aliphatic rings. The average molecular weight is 391 g/mol. The summed E-state index contributed by atoms with van der Waals surface area (Å²) in [4.78, 5) is 31.4. The zero-order valence-corrected chi connectivity index (χ0v) is 16.1. The fraction of sp³-hybridized carbons (Fsp3) is 0.238. The first-order valence-electron chi connectivity index (χ1n) is 9.41. The number of pyridine rings is 1. The van der Waals surface area contributed by atoms with Crippen molar-refractivity contribution in [3.8, 4) is 5.69 Å². The number of aromatic nitrogens is 2. The molecule has 2 aromatic heterocycles. The van der Waals surface area contributed by atoms with Crippen molar-refractivity contribution in [2.75, 3.05) is 31.1 Å². The lowest BCUT2D eigenvalue weighted by molar-refractivity contribution is -0.385. The third kappa shape index (κ3) is 3.82. The van der Waals surface area contributed by atoms with E-state index in [1.54, 1.807) is 0 Å². The molecule has 1 aliphatic heterocycles. The van der Waals surface area contributed by atoms with E-state index in [0.717, 1.165) is 17.1 Å². The van der Waals surface area contributed by atoms with Gasteiger partial charge in [0, 0.05) is 55.9 Å². The van der Waals surface area contributed by atoms with E-state index >= 15 is 0 Å². The fourth-order valence-corrected chi connectivity index (χ4v) is 3.57. The van der Waals surface area contributed by atoms with Crippen LogP contribution in [0.3, 0.4) is 0 Å². The predicted octanol–water partition coefficient (Wildman–Crippen LogP) is 3.05. The van der Waals surface area contributed by atoms with Gasteiger partial charge in [-0.25, -0.2) is 4.98 Å². The number of aryl methyl sites for hydroxylation is 1. The van der Waals surface area contributed by atoms with E-state index in [4.69, 9.17) is 0 Å². The number of benzene rings is 1. The summed E-state index contributed by atoms with van der Waals surface area (Å²) in [6, 6.07) is 13.0. The van der Waals surface area contributed by atoms with Crippen LogP contribution < -0.4 is 4.90 Å². The second-order valence-electron chi connectivity index (χ2n) is 7.01. The summed E-state index contributed by atoms with van der Waals surface area (Å²) in [6.07, 6.45) is 5.21. The van der Waals surface area contributed by atoms with Crippen LogP contribution in [0.4, 0.5) is 11.5 Å². The van der Waals surface area contributed by atoms with Gasteiger partial charge in [-0.15, -0.1) is 0 Å². The van der Waals surface area contributed by atoms with Crippen molar-refractivity contribution in [3.05, 3.63) is 82.3 Å². The monoisotopic (exact) mass is 391 g/mol. The molecular weight excluding hydrogens is 370 g/mol. The van der Waals surface area contributed by atoms with Crippen molar-refractivity contribution in [2.45, 2.75) is 6.92 Å². The molecule has 0 spiro atoms. The smallest absolute Gasteiger partial charge is 0.287 e. The first-order valence-corrected chi connectivity index (χ1v) is 9.41. The lowest BCUT2D eigenvalue weighted by Gasteiger charge is -2.36. The number of carbonyl (C=O) groups excluding carboxylic acids is 1. The van der Waals surface area contributed by atoms with Crippen LogP contribution in [0.2, 0.25) is 0 Å². The molecule has 3 aromatic rings. The highest BCUT2D eigenvalue weighted by Crippen LogP contribution is 2.23. The molecule has 148 valence electrons. The number of amides is 1. The van der Waals surface area contributed by atoms with Gasteiger partial charge in [0.1, 0.15) is 12.0 Å². The summed E-state index contributed by atoms with van der Waals surface area (Å²) < 4.78 is 1.99. The first-order chi connectivity index (χ1) is 14.0. The van der Waals surface area contributed by atoms with Gasteiger partial charge in [0.2, 0.25) is 0 Å². The molecule has 29 heavy (non-hydrogen) atoms. The van der Waals surface area contributed by atoms with Gasteiger partial charge in [-0.05, 0) is 48.9 Å². The number of rotatable bonds is 4. The second-order valence-corrected chi connectivity index (χ2v) is 7.01. The maximum atomic E-state index is 12.8. The van der Waals surface area contributed by atoms with Crippen molar-refractivity contribution in [2.24, 2.45) is 0 Å². The summed E-state index contributed by atoms with van der Waals surface area (Å²) in [6.45, 7) is 4.25. The maximum absolute atomic E-state index is 12.8. The van der Waals surface area contributed by atoms with Gasteiger partial charge >= 0.3 is 0 Å². The van der Waals surface area contributed by atoms with E-state index in [1.165, 1.54) is 12.3 Å². The molecule has 8 heteroatoms. The lowest BCUT2D eigenvalue weighted by Crippen LogP contribution is -2.49. The molecular formula is C21H21N5O3. The Balaban J connectivity index is 1.40. The third-order valence-electron chi connectivity index (χ3n) is 5.13. The van der Waals surface area contributed by atoms with Crippen LogP contribution in [0, 0.1) is 17.0 Å². The van der Waals surface area contributed by atoms with Crippen molar-refractivity contribution < 1.29 is 9.72 Å². The van der Waals surface area contributed by atoms with E-state index < -0.39 is 4.92 Å². The van der Waals surface area contributed by atoms with E-state index in [0.29, 0.717) is 31.7 Å². The van der Waals surface area contributed by atoms with E-state index in [1.807, 2.05) is 65.2 Å². The number of hydrogen-bond donors (Lipinski definition) is 0. The Morgan fingerprint density at radius 1 is 1.07 bits per heavy atom. The fourth-order valence-electron chi connectivity index (χ4n) is 3.57. The number of hydrogen-bond acceptors (Lipinski definition) is 5. The highest BCUT2D eigenvalue weighted by atomic mass is 16.6. The average Bonchev–Trinajstić information content (AvgIpc) is 3.28. The normalized spacial score (nSPS) is 14.1. The van der Waals surface area contributed by atoms with Crippen LogP contribution in [-0.2, 0) is 0 Å². The van der Waals surface area contributed by atoms with Gasteiger partial charge in [-0.1, -0.05) is 0 Å². The molecule has 0 unspecified atom stereocenters. The molecule has 0 aliphatic carbocycles. The lowest BCUT2D eigenvalue weighted by atomic mass is 10.1. The first kappa shape index (κ1) is 18.7. The number of anilines is 1. The summed E-state index contributed by atoms with van der Waals surface area (Å²) in [5.41, 5.74) is 2.43. The van der Waals surface area contributed by atoms with Gasteiger partial charge in [0.15, 0.2) is 0 Å². The van der Waals surface area contributed by atoms with Gasteiger partial charge in [0.05, 0.1) is 4.92 Å². The second kappa shape index (κ2) is 7.75. The topological polar surface area (TPSA) is 84.5 Å². The minimum absolute atomic E-state index is 0.0107. The van der Waals surface area contributed by atoms with E-state index in [9.17, 15) is 14.9 Å². The molecule has 0 bridgehead atoms. The molecule has 0 atom stereocenters. The van der Waals surface area contributed by atoms with Crippen molar-refractivity contribution in [1.82, 2.24) is 14.5 Å². The predicted molar refractivity (Wildman–Crippen MR) is 110 cm³/mol. The van der Waals surface area contributed by atoms with E-state index in [-0.39, 0.29) is 11.6 Å². The Hall–Kier alpha value is -3.68. The van der Waals surface area contributed by atoms with Gasteiger partial charge in [-0.3, -0.25) is 14.9 Å². The Labute approximate surface area is 168 Å². The third-order valence-corrected chi connectivity index (χ3v) is 5.13. The summed E-state index contributed by atoms with van der Waals surface area (Å²) in [7, 11) is 0. The largest absolute Gasteiger partial charge is 0.353 e. The van der Waals surface area contributed by atoms with Gasteiger partial charge in [-0.2, -0.15) is 0 Å².